The predicted molar refractivity (Wildman–Crippen MR) is 76.2 cm³/mol. The molecule has 2 atom stereocenters. The number of nitrogens with one attached hydrogen (secondary N) is 1. The normalized spacial score (nSPS) is 24.4. The van der Waals surface area contributed by atoms with Gasteiger partial charge in [0.15, 0.2) is 0 Å². The Morgan fingerprint density at radius 3 is 3.20 bits per heavy atom. The first-order valence-corrected chi connectivity index (χ1v) is 7.30. The van der Waals surface area contributed by atoms with Gasteiger partial charge < -0.3 is 14.8 Å². The Morgan fingerprint density at radius 2 is 2.40 bits per heavy atom. The highest BCUT2D eigenvalue weighted by molar-refractivity contribution is 5.84. The molecule has 0 amide bonds. The second-order valence-corrected chi connectivity index (χ2v) is 5.56. The Bertz CT molecular complexity index is 500. The summed E-state index contributed by atoms with van der Waals surface area (Å²) in [5.74, 6) is 1.29. The molecule has 2 heterocycles. The lowest BCUT2D eigenvalue weighted by molar-refractivity contribution is -0.120. The average molecular weight is 275 g/mol. The molecule has 0 aromatic heterocycles. The standard InChI is InChI=1S/C16H21NO3/c1-19-13-9-14(17-10-13)15(18)4-2-11-3-5-16-12(8-11)6-7-20-16/h3,5,8,13-14,17H,2,4,6-7,9-10H2,1H3. The van der Waals surface area contributed by atoms with Crippen molar-refractivity contribution in [3.05, 3.63) is 29.3 Å². The van der Waals surface area contributed by atoms with Gasteiger partial charge in [-0.1, -0.05) is 12.1 Å². The molecule has 4 heteroatoms. The summed E-state index contributed by atoms with van der Waals surface area (Å²) in [6.45, 7) is 1.56. The number of benzene rings is 1. The SMILES string of the molecule is COC1CNC(C(=O)CCc2ccc3c(c2)CCO3)C1. The molecule has 1 N–H and O–H groups in total. The van der Waals surface area contributed by atoms with E-state index in [2.05, 4.69) is 17.4 Å². The molecule has 0 saturated carbocycles. The molecule has 1 aromatic carbocycles. The van der Waals surface area contributed by atoms with Crippen LogP contribution >= 0.6 is 0 Å². The van der Waals surface area contributed by atoms with E-state index in [0.717, 1.165) is 38.2 Å². The minimum Gasteiger partial charge on any atom is -0.493 e. The van der Waals surface area contributed by atoms with Gasteiger partial charge in [0.2, 0.25) is 0 Å². The van der Waals surface area contributed by atoms with Crippen molar-refractivity contribution in [2.24, 2.45) is 0 Å². The smallest absolute Gasteiger partial charge is 0.150 e. The zero-order valence-corrected chi connectivity index (χ0v) is 11.9. The molecule has 2 unspecified atom stereocenters. The van der Waals surface area contributed by atoms with Gasteiger partial charge in [-0.3, -0.25) is 4.79 Å². The number of carbonyl (C=O) groups is 1. The van der Waals surface area contributed by atoms with Gasteiger partial charge in [-0.25, -0.2) is 0 Å². The van der Waals surface area contributed by atoms with Crippen molar-refractivity contribution in [3.8, 4) is 5.75 Å². The zero-order valence-electron chi connectivity index (χ0n) is 11.9. The number of fused-ring (bicyclic) bond motifs is 1. The molecule has 20 heavy (non-hydrogen) atoms. The van der Waals surface area contributed by atoms with Crippen molar-refractivity contribution >= 4 is 5.78 Å². The molecular weight excluding hydrogens is 254 g/mol. The van der Waals surface area contributed by atoms with E-state index < -0.39 is 0 Å². The van der Waals surface area contributed by atoms with Crippen LogP contribution in [0.2, 0.25) is 0 Å². The van der Waals surface area contributed by atoms with Crippen LogP contribution in [0, 0.1) is 0 Å². The van der Waals surface area contributed by atoms with Crippen molar-refractivity contribution in [1.82, 2.24) is 5.32 Å². The van der Waals surface area contributed by atoms with Crippen LogP contribution in [-0.4, -0.2) is 38.2 Å². The summed E-state index contributed by atoms with van der Waals surface area (Å²) in [4.78, 5) is 12.2. The van der Waals surface area contributed by atoms with Crippen LogP contribution in [0.5, 0.6) is 5.75 Å². The van der Waals surface area contributed by atoms with E-state index in [1.807, 2.05) is 6.07 Å². The quantitative estimate of drug-likeness (QED) is 0.884. The van der Waals surface area contributed by atoms with Crippen LogP contribution in [0.1, 0.15) is 24.0 Å². The monoisotopic (exact) mass is 275 g/mol. The number of ether oxygens (including phenoxy) is 2. The van der Waals surface area contributed by atoms with Gasteiger partial charge in [-0.15, -0.1) is 0 Å². The Kier molecular flexibility index (Phi) is 4.03. The second kappa shape index (κ2) is 5.94. The number of rotatable bonds is 5. The molecule has 0 radical (unpaired) electrons. The number of hydrogen-bond acceptors (Lipinski definition) is 4. The maximum atomic E-state index is 12.2. The Labute approximate surface area is 119 Å². The van der Waals surface area contributed by atoms with Gasteiger partial charge in [0, 0.05) is 26.5 Å². The van der Waals surface area contributed by atoms with E-state index >= 15 is 0 Å². The number of aryl methyl sites for hydroxylation is 1. The highest BCUT2D eigenvalue weighted by atomic mass is 16.5. The highest BCUT2D eigenvalue weighted by Crippen LogP contribution is 2.26. The highest BCUT2D eigenvalue weighted by Gasteiger charge is 2.28. The van der Waals surface area contributed by atoms with E-state index in [-0.39, 0.29) is 12.1 Å². The van der Waals surface area contributed by atoms with Crippen LogP contribution in [-0.2, 0) is 22.4 Å². The summed E-state index contributed by atoms with van der Waals surface area (Å²) in [6.07, 6.45) is 3.36. The van der Waals surface area contributed by atoms with Crippen molar-refractivity contribution in [2.75, 3.05) is 20.3 Å². The predicted octanol–water partition coefficient (Wildman–Crippen LogP) is 1.50. The van der Waals surface area contributed by atoms with Crippen LogP contribution < -0.4 is 10.1 Å². The maximum Gasteiger partial charge on any atom is 0.150 e. The molecule has 0 bridgehead atoms. The Hall–Kier alpha value is -1.39. The van der Waals surface area contributed by atoms with E-state index in [1.165, 1.54) is 11.1 Å². The summed E-state index contributed by atoms with van der Waals surface area (Å²) in [7, 11) is 1.70. The fourth-order valence-electron chi connectivity index (χ4n) is 2.97. The number of ketones is 1. The molecule has 108 valence electrons. The van der Waals surface area contributed by atoms with Crippen molar-refractivity contribution in [1.29, 1.82) is 0 Å². The summed E-state index contributed by atoms with van der Waals surface area (Å²) in [6, 6.07) is 6.24. The van der Waals surface area contributed by atoms with Crippen molar-refractivity contribution in [2.45, 2.75) is 37.8 Å². The minimum atomic E-state index is -0.0299. The molecule has 0 aliphatic carbocycles. The molecule has 1 aromatic rings. The fourth-order valence-corrected chi connectivity index (χ4v) is 2.97. The van der Waals surface area contributed by atoms with Gasteiger partial charge >= 0.3 is 0 Å². The third kappa shape index (κ3) is 2.86. The van der Waals surface area contributed by atoms with Gasteiger partial charge in [-0.2, -0.15) is 0 Å². The maximum absolute atomic E-state index is 12.2. The zero-order chi connectivity index (χ0) is 13.9. The van der Waals surface area contributed by atoms with Gasteiger partial charge in [0.1, 0.15) is 11.5 Å². The van der Waals surface area contributed by atoms with E-state index in [0.29, 0.717) is 12.2 Å². The summed E-state index contributed by atoms with van der Waals surface area (Å²) < 4.78 is 10.8. The van der Waals surface area contributed by atoms with Crippen LogP contribution in [0.4, 0.5) is 0 Å². The first-order valence-electron chi connectivity index (χ1n) is 7.30. The Balaban J connectivity index is 1.53. The lowest BCUT2D eigenvalue weighted by atomic mass is 10.00. The average Bonchev–Trinajstić information content (AvgIpc) is 3.12. The molecule has 1 saturated heterocycles. The van der Waals surface area contributed by atoms with Gasteiger partial charge in [0.05, 0.1) is 18.8 Å². The molecular formula is C16H21NO3. The lowest BCUT2D eigenvalue weighted by Gasteiger charge is -2.09. The van der Waals surface area contributed by atoms with E-state index in [9.17, 15) is 4.79 Å². The number of hydrogen-bond donors (Lipinski definition) is 1. The molecule has 0 spiro atoms. The third-order valence-corrected chi connectivity index (χ3v) is 4.23. The van der Waals surface area contributed by atoms with E-state index in [1.54, 1.807) is 7.11 Å². The largest absolute Gasteiger partial charge is 0.493 e. The van der Waals surface area contributed by atoms with E-state index in [4.69, 9.17) is 9.47 Å². The van der Waals surface area contributed by atoms with Crippen LogP contribution in [0.3, 0.4) is 0 Å². The first kappa shape index (κ1) is 13.6. The second-order valence-electron chi connectivity index (χ2n) is 5.56. The first-order chi connectivity index (χ1) is 9.76. The minimum absolute atomic E-state index is 0.0299. The summed E-state index contributed by atoms with van der Waals surface area (Å²) in [5.41, 5.74) is 2.50. The molecule has 4 nitrogen and oxygen atoms in total. The molecule has 1 fully saturated rings. The lowest BCUT2D eigenvalue weighted by Crippen LogP contribution is -2.30. The summed E-state index contributed by atoms with van der Waals surface area (Å²) >= 11 is 0. The van der Waals surface area contributed by atoms with Crippen molar-refractivity contribution in [3.63, 3.8) is 0 Å². The number of carbonyl (C=O) groups excluding carboxylic acids is 1. The topological polar surface area (TPSA) is 47.6 Å². The molecule has 2 aliphatic rings. The molecule has 3 rings (SSSR count). The molecule has 2 aliphatic heterocycles. The van der Waals surface area contributed by atoms with Crippen molar-refractivity contribution < 1.29 is 14.3 Å². The van der Waals surface area contributed by atoms with Gasteiger partial charge in [-0.05, 0) is 30.0 Å². The Morgan fingerprint density at radius 1 is 1.50 bits per heavy atom. The van der Waals surface area contributed by atoms with Crippen LogP contribution in [0.25, 0.3) is 0 Å². The van der Waals surface area contributed by atoms with Gasteiger partial charge in [0.25, 0.3) is 0 Å². The van der Waals surface area contributed by atoms with Crippen LogP contribution in [0.15, 0.2) is 18.2 Å². The number of Topliss-reactive ketones (excluding diaryl/α,β-unsaturated/α-hetero) is 1. The summed E-state index contributed by atoms with van der Waals surface area (Å²) in [5, 5.41) is 3.24. The fraction of sp³-hybridized carbons (Fsp3) is 0.562. The third-order valence-electron chi connectivity index (χ3n) is 4.23. The number of methoxy groups -OCH3 is 1.